The number of anilines is 1. The third kappa shape index (κ3) is 3.75. The van der Waals surface area contributed by atoms with Gasteiger partial charge in [0.05, 0.1) is 0 Å². The molecule has 0 fully saturated rings. The third-order valence-electron chi connectivity index (χ3n) is 3.40. The van der Waals surface area contributed by atoms with E-state index in [1.807, 2.05) is 32.0 Å². The standard InChI is InChI=1S/C18H15ClN4O/c1-11-3-4-17(21-10-11)23-18(24)15-8-14(7-12(2)22-15)13-5-6-20-16(19)9-13/h3-10H,1-2H3,(H,21,23,24). The van der Waals surface area contributed by atoms with Gasteiger partial charge in [-0.05, 0) is 60.9 Å². The van der Waals surface area contributed by atoms with Crippen molar-refractivity contribution in [2.75, 3.05) is 5.32 Å². The van der Waals surface area contributed by atoms with Gasteiger partial charge in [-0.15, -0.1) is 0 Å². The molecule has 1 N–H and O–H groups in total. The normalized spacial score (nSPS) is 10.5. The van der Waals surface area contributed by atoms with Gasteiger partial charge in [0.25, 0.3) is 5.91 Å². The summed E-state index contributed by atoms with van der Waals surface area (Å²) in [5.74, 6) is 0.180. The predicted molar refractivity (Wildman–Crippen MR) is 94.1 cm³/mol. The lowest BCUT2D eigenvalue weighted by atomic mass is 10.1. The highest BCUT2D eigenvalue weighted by Gasteiger charge is 2.12. The fraction of sp³-hybridized carbons (Fsp3) is 0.111. The maximum Gasteiger partial charge on any atom is 0.275 e. The van der Waals surface area contributed by atoms with E-state index in [2.05, 4.69) is 20.3 Å². The molecule has 0 aliphatic carbocycles. The van der Waals surface area contributed by atoms with E-state index in [0.717, 1.165) is 22.4 Å². The molecular formula is C18H15ClN4O. The lowest BCUT2D eigenvalue weighted by molar-refractivity contribution is 0.102. The van der Waals surface area contributed by atoms with Crippen molar-refractivity contribution in [1.29, 1.82) is 0 Å². The molecule has 0 aliphatic heterocycles. The number of hydrogen-bond donors (Lipinski definition) is 1. The first-order chi connectivity index (χ1) is 11.5. The second-order valence-electron chi connectivity index (χ2n) is 5.42. The Hall–Kier alpha value is -2.79. The molecule has 0 unspecified atom stereocenters. The topological polar surface area (TPSA) is 67.8 Å². The minimum atomic E-state index is -0.309. The number of aryl methyl sites for hydroxylation is 2. The Morgan fingerprint density at radius 3 is 2.58 bits per heavy atom. The number of rotatable bonds is 3. The quantitative estimate of drug-likeness (QED) is 0.731. The largest absolute Gasteiger partial charge is 0.305 e. The average molecular weight is 339 g/mol. The minimum absolute atomic E-state index is 0.309. The lowest BCUT2D eigenvalue weighted by Crippen LogP contribution is -2.15. The Labute approximate surface area is 144 Å². The van der Waals surface area contributed by atoms with Crippen molar-refractivity contribution in [3.8, 4) is 11.1 Å². The summed E-state index contributed by atoms with van der Waals surface area (Å²) in [7, 11) is 0. The van der Waals surface area contributed by atoms with Crippen LogP contribution in [0.1, 0.15) is 21.7 Å². The number of hydrogen-bond acceptors (Lipinski definition) is 4. The molecule has 120 valence electrons. The van der Waals surface area contributed by atoms with Gasteiger partial charge in [0, 0.05) is 18.1 Å². The summed E-state index contributed by atoms with van der Waals surface area (Å²) in [6.07, 6.45) is 3.33. The van der Waals surface area contributed by atoms with E-state index in [9.17, 15) is 4.79 Å². The van der Waals surface area contributed by atoms with E-state index in [-0.39, 0.29) is 5.91 Å². The first-order valence-corrected chi connectivity index (χ1v) is 7.74. The molecule has 24 heavy (non-hydrogen) atoms. The second-order valence-corrected chi connectivity index (χ2v) is 5.81. The first kappa shape index (κ1) is 16.1. The highest BCUT2D eigenvalue weighted by atomic mass is 35.5. The van der Waals surface area contributed by atoms with Gasteiger partial charge in [0.2, 0.25) is 0 Å². The lowest BCUT2D eigenvalue weighted by Gasteiger charge is -2.08. The number of nitrogens with one attached hydrogen (secondary N) is 1. The molecule has 3 rings (SSSR count). The molecule has 0 saturated carbocycles. The summed E-state index contributed by atoms with van der Waals surface area (Å²) in [5.41, 5.74) is 3.82. The molecule has 5 nitrogen and oxygen atoms in total. The van der Waals surface area contributed by atoms with Crippen molar-refractivity contribution in [3.05, 3.63) is 70.9 Å². The van der Waals surface area contributed by atoms with E-state index in [0.29, 0.717) is 16.7 Å². The number of carbonyl (C=O) groups excluding carboxylic acids is 1. The summed E-state index contributed by atoms with van der Waals surface area (Å²) in [6, 6.07) is 10.8. The van der Waals surface area contributed by atoms with Gasteiger partial charge in [-0.2, -0.15) is 0 Å². The Bertz CT molecular complexity index is 894. The van der Waals surface area contributed by atoms with Crippen LogP contribution in [-0.2, 0) is 0 Å². The van der Waals surface area contributed by atoms with E-state index in [1.165, 1.54) is 0 Å². The average Bonchev–Trinajstić information content (AvgIpc) is 2.56. The van der Waals surface area contributed by atoms with Gasteiger partial charge < -0.3 is 5.32 Å². The molecule has 6 heteroatoms. The van der Waals surface area contributed by atoms with E-state index < -0.39 is 0 Å². The third-order valence-corrected chi connectivity index (χ3v) is 3.61. The Balaban J connectivity index is 1.90. The molecule has 0 bridgehead atoms. The molecule has 0 spiro atoms. The van der Waals surface area contributed by atoms with E-state index in [1.54, 1.807) is 30.6 Å². The monoisotopic (exact) mass is 338 g/mol. The number of pyridine rings is 3. The van der Waals surface area contributed by atoms with Crippen molar-refractivity contribution in [3.63, 3.8) is 0 Å². The predicted octanol–water partition coefficient (Wildman–Crippen LogP) is 4.06. The zero-order valence-electron chi connectivity index (χ0n) is 13.2. The molecule has 1 amide bonds. The van der Waals surface area contributed by atoms with Crippen LogP contribution in [0.4, 0.5) is 5.82 Å². The van der Waals surface area contributed by atoms with Crippen LogP contribution in [0.15, 0.2) is 48.8 Å². The number of halogens is 1. The molecule has 0 radical (unpaired) electrons. The van der Waals surface area contributed by atoms with Crippen molar-refractivity contribution in [2.24, 2.45) is 0 Å². The van der Waals surface area contributed by atoms with Gasteiger partial charge in [0.15, 0.2) is 0 Å². The van der Waals surface area contributed by atoms with Gasteiger partial charge in [0.1, 0.15) is 16.7 Å². The SMILES string of the molecule is Cc1ccc(NC(=O)c2cc(-c3ccnc(Cl)c3)cc(C)n2)nc1. The van der Waals surface area contributed by atoms with Crippen molar-refractivity contribution in [1.82, 2.24) is 15.0 Å². The molecule has 0 aromatic carbocycles. The molecule has 0 atom stereocenters. The van der Waals surface area contributed by atoms with Gasteiger partial charge in [-0.1, -0.05) is 17.7 Å². The van der Waals surface area contributed by atoms with Crippen LogP contribution in [0.5, 0.6) is 0 Å². The Kier molecular flexibility index (Phi) is 4.53. The Morgan fingerprint density at radius 1 is 1.04 bits per heavy atom. The van der Waals surface area contributed by atoms with Gasteiger partial charge >= 0.3 is 0 Å². The van der Waals surface area contributed by atoms with Crippen LogP contribution >= 0.6 is 11.6 Å². The van der Waals surface area contributed by atoms with Crippen molar-refractivity contribution in [2.45, 2.75) is 13.8 Å². The van der Waals surface area contributed by atoms with Crippen molar-refractivity contribution >= 4 is 23.3 Å². The fourth-order valence-electron chi connectivity index (χ4n) is 2.26. The van der Waals surface area contributed by atoms with Crippen LogP contribution in [0.2, 0.25) is 5.15 Å². The summed E-state index contributed by atoms with van der Waals surface area (Å²) in [4.78, 5) is 24.9. The number of carbonyl (C=O) groups is 1. The fourth-order valence-corrected chi connectivity index (χ4v) is 2.43. The molecule has 3 heterocycles. The summed E-state index contributed by atoms with van der Waals surface area (Å²) in [5, 5.41) is 3.15. The number of amides is 1. The van der Waals surface area contributed by atoms with Crippen molar-refractivity contribution < 1.29 is 4.79 Å². The van der Waals surface area contributed by atoms with Gasteiger partial charge in [-0.25, -0.2) is 15.0 Å². The van der Waals surface area contributed by atoms with E-state index >= 15 is 0 Å². The summed E-state index contributed by atoms with van der Waals surface area (Å²) >= 11 is 5.94. The van der Waals surface area contributed by atoms with Crippen LogP contribution in [0.3, 0.4) is 0 Å². The highest BCUT2D eigenvalue weighted by molar-refractivity contribution is 6.29. The summed E-state index contributed by atoms with van der Waals surface area (Å²) < 4.78 is 0. The van der Waals surface area contributed by atoms with E-state index in [4.69, 9.17) is 11.6 Å². The first-order valence-electron chi connectivity index (χ1n) is 7.36. The van der Waals surface area contributed by atoms with Gasteiger partial charge in [-0.3, -0.25) is 4.79 Å². The number of aromatic nitrogens is 3. The molecule has 3 aromatic heterocycles. The molecule has 3 aromatic rings. The molecular weight excluding hydrogens is 324 g/mol. The van der Waals surface area contributed by atoms with Crippen LogP contribution in [-0.4, -0.2) is 20.9 Å². The maximum atomic E-state index is 12.4. The summed E-state index contributed by atoms with van der Waals surface area (Å²) in [6.45, 7) is 3.78. The zero-order valence-corrected chi connectivity index (χ0v) is 14.0. The van der Waals surface area contributed by atoms with Crippen LogP contribution < -0.4 is 5.32 Å². The zero-order chi connectivity index (χ0) is 17.1. The smallest absolute Gasteiger partial charge is 0.275 e. The van der Waals surface area contributed by atoms with Crippen LogP contribution in [0, 0.1) is 13.8 Å². The second kappa shape index (κ2) is 6.76. The van der Waals surface area contributed by atoms with Crippen LogP contribution in [0.25, 0.3) is 11.1 Å². The number of nitrogens with zero attached hydrogens (tertiary/aromatic N) is 3. The molecule has 0 aliphatic rings. The highest BCUT2D eigenvalue weighted by Crippen LogP contribution is 2.23. The maximum absolute atomic E-state index is 12.4. The Morgan fingerprint density at radius 2 is 1.88 bits per heavy atom. The molecule has 0 saturated heterocycles. The minimum Gasteiger partial charge on any atom is -0.305 e.